The van der Waals surface area contributed by atoms with E-state index in [1.807, 2.05) is 13.0 Å². The first-order chi connectivity index (χ1) is 13.1. The highest BCUT2D eigenvalue weighted by atomic mass is 32.1. The molecule has 2 fully saturated rings. The highest BCUT2D eigenvalue weighted by Crippen LogP contribution is 2.47. The molecule has 4 nitrogen and oxygen atoms in total. The number of hydrogen-bond donors (Lipinski definition) is 0. The van der Waals surface area contributed by atoms with Crippen LogP contribution in [0.1, 0.15) is 52.9 Å². The van der Waals surface area contributed by atoms with Crippen molar-refractivity contribution in [2.24, 2.45) is 10.4 Å². The molecule has 0 N–H and O–H groups in total. The number of Topliss-reactive ketones (excluding diaryl/α,β-unsaturated/α-hetero) is 1. The Bertz CT molecular complexity index is 924. The lowest BCUT2D eigenvalue weighted by molar-refractivity contribution is 0.0853. The molecule has 140 valence electrons. The number of thiophene rings is 1. The lowest BCUT2D eigenvalue weighted by atomic mass is 9.79. The molecule has 0 bridgehead atoms. The Hall–Kier alpha value is -1.98. The second kappa shape index (κ2) is 6.28. The van der Waals surface area contributed by atoms with Gasteiger partial charge in [-0.1, -0.05) is 12.1 Å². The predicted octanol–water partition coefficient (Wildman–Crippen LogP) is 5.09. The summed E-state index contributed by atoms with van der Waals surface area (Å²) in [6.45, 7) is 6.66. The number of aryl methyl sites for hydroxylation is 1. The molecule has 1 atom stereocenters. The standard InChI is InChI=1S/C22H24N2O2S/c1-14-13-18-19(25)22(2)9-10-24(21(22)23-20(18)27-14)17-5-3-15(4-6-17)16-7-11-26-12-8-16/h3-6,13,16H,7-12H2,1-2H3. The molecule has 5 heteroatoms. The number of ketones is 1. The maximum atomic E-state index is 13.2. The molecule has 3 aliphatic heterocycles. The van der Waals surface area contributed by atoms with E-state index < -0.39 is 5.41 Å². The molecular formula is C22H24N2O2S. The molecule has 0 spiro atoms. The fourth-order valence-electron chi connectivity index (χ4n) is 4.60. The van der Waals surface area contributed by atoms with Crippen molar-refractivity contribution in [1.82, 2.24) is 0 Å². The van der Waals surface area contributed by atoms with Gasteiger partial charge in [-0.25, -0.2) is 4.99 Å². The second-order valence-corrected chi connectivity index (χ2v) is 9.29. The predicted molar refractivity (Wildman–Crippen MR) is 110 cm³/mol. The molecule has 4 heterocycles. The van der Waals surface area contributed by atoms with Crippen molar-refractivity contribution >= 4 is 33.6 Å². The number of fused-ring (bicyclic) bond motifs is 2. The summed E-state index contributed by atoms with van der Waals surface area (Å²) in [5, 5.41) is 0.871. The van der Waals surface area contributed by atoms with Gasteiger partial charge in [0.25, 0.3) is 0 Å². The molecular weight excluding hydrogens is 356 g/mol. The summed E-state index contributed by atoms with van der Waals surface area (Å²) in [4.78, 5) is 21.5. The molecule has 0 radical (unpaired) electrons. The van der Waals surface area contributed by atoms with Crippen molar-refractivity contribution in [3.63, 3.8) is 0 Å². The molecule has 0 saturated carbocycles. The number of carbonyl (C=O) groups is 1. The van der Waals surface area contributed by atoms with E-state index in [1.165, 1.54) is 5.56 Å². The van der Waals surface area contributed by atoms with Gasteiger partial charge in [0, 0.05) is 30.3 Å². The fourth-order valence-corrected chi connectivity index (χ4v) is 5.48. The Kier molecular flexibility index (Phi) is 3.99. The van der Waals surface area contributed by atoms with Crippen LogP contribution in [0.5, 0.6) is 0 Å². The van der Waals surface area contributed by atoms with Crippen LogP contribution in [0.3, 0.4) is 0 Å². The highest BCUT2D eigenvalue weighted by molar-refractivity contribution is 7.16. The molecule has 1 aromatic heterocycles. The lowest BCUT2D eigenvalue weighted by Crippen LogP contribution is -2.40. The number of carbonyl (C=O) groups excluding carboxylic acids is 1. The van der Waals surface area contributed by atoms with Crippen LogP contribution < -0.4 is 4.90 Å². The number of ether oxygens (including phenoxy) is 1. The third kappa shape index (κ3) is 2.67. The molecule has 1 aromatic carbocycles. The van der Waals surface area contributed by atoms with Crippen molar-refractivity contribution in [3.8, 4) is 0 Å². The molecule has 0 aliphatic carbocycles. The number of hydrogen-bond acceptors (Lipinski definition) is 5. The quantitative estimate of drug-likeness (QED) is 0.728. The SMILES string of the molecule is Cc1cc2c(s1)N=C1N(c3ccc(C4CCOCC4)cc3)CCC1(C)C2=O. The van der Waals surface area contributed by atoms with E-state index in [4.69, 9.17) is 9.73 Å². The minimum Gasteiger partial charge on any atom is -0.381 e. The topological polar surface area (TPSA) is 41.9 Å². The van der Waals surface area contributed by atoms with Gasteiger partial charge in [0.05, 0.1) is 11.0 Å². The summed E-state index contributed by atoms with van der Waals surface area (Å²) in [5.41, 5.74) is 2.83. The van der Waals surface area contributed by atoms with Crippen LogP contribution >= 0.6 is 11.3 Å². The van der Waals surface area contributed by atoms with Gasteiger partial charge in [0.2, 0.25) is 0 Å². The number of amidine groups is 1. The first-order valence-electron chi connectivity index (χ1n) is 9.76. The summed E-state index contributed by atoms with van der Waals surface area (Å²) in [6, 6.07) is 10.9. The molecule has 3 aliphatic rings. The minimum atomic E-state index is -0.500. The van der Waals surface area contributed by atoms with E-state index >= 15 is 0 Å². The minimum absolute atomic E-state index is 0.230. The normalized spacial score (nSPS) is 25.3. The molecule has 5 rings (SSSR count). The lowest BCUT2D eigenvalue weighted by Gasteiger charge is -2.30. The summed E-state index contributed by atoms with van der Waals surface area (Å²) in [7, 11) is 0. The van der Waals surface area contributed by atoms with Crippen LogP contribution in [0.25, 0.3) is 0 Å². The van der Waals surface area contributed by atoms with Crippen LogP contribution in [0.4, 0.5) is 10.7 Å². The molecule has 0 amide bonds. The van der Waals surface area contributed by atoms with Gasteiger partial charge in [0.1, 0.15) is 10.8 Å². The number of anilines is 1. The van der Waals surface area contributed by atoms with Gasteiger partial charge in [0.15, 0.2) is 5.78 Å². The number of benzene rings is 1. The second-order valence-electron chi connectivity index (χ2n) is 8.05. The van der Waals surface area contributed by atoms with Crippen molar-refractivity contribution in [2.45, 2.75) is 39.0 Å². The summed E-state index contributed by atoms with van der Waals surface area (Å²) < 4.78 is 5.48. The number of rotatable bonds is 2. The van der Waals surface area contributed by atoms with Crippen molar-refractivity contribution in [3.05, 3.63) is 46.3 Å². The maximum Gasteiger partial charge on any atom is 0.179 e. The van der Waals surface area contributed by atoms with Crippen molar-refractivity contribution in [2.75, 3.05) is 24.7 Å². The summed E-state index contributed by atoms with van der Waals surface area (Å²) in [5.74, 6) is 1.75. The monoisotopic (exact) mass is 380 g/mol. The Labute approximate surface area is 163 Å². The van der Waals surface area contributed by atoms with Gasteiger partial charge >= 0.3 is 0 Å². The molecule has 2 aromatic rings. The van der Waals surface area contributed by atoms with E-state index in [9.17, 15) is 4.79 Å². The fraction of sp³-hybridized carbons (Fsp3) is 0.455. The number of aliphatic imine (C=N–C) groups is 1. The zero-order chi connectivity index (χ0) is 18.6. The van der Waals surface area contributed by atoms with Gasteiger partial charge in [-0.2, -0.15) is 0 Å². The van der Waals surface area contributed by atoms with E-state index in [0.29, 0.717) is 5.92 Å². The number of nitrogens with zero attached hydrogens (tertiary/aromatic N) is 2. The first-order valence-corrected chi connectivity index (χ1v) is 10.6. The first kappa shape index (κ1) is 17.1. The van der Waals surface area contributed by atoms with E-state index in [1.54, 1.807) is 11.3 Å². The van der Waals surface area contributed by atoms with E-state index in [2.05, 4.69) is 36.1 Å². The Morgan fingerprint density at radius 1 is 1.22 bits per heavy atom. The van der Waals surface area contributed by atoms with Gasteiger partial charge in [-0.3, -0.25) is 4.79 Å². The third-order valence-corrected chi connectivity index (χ3v) is 7.22. The average molecular weight is 381 g/mol. The zero-order valence-corrected chi connectivity index (χ0v) is 16.6. The van der Waals surface area contributed by atoms with Crippen LogP contribution in [0, 0.1) is 12.3 Å². The van der Waals surface area contributed by atoms with Crippen LogP contribution in [0.2, 0.25) is 0 Å². The van der Waals surface area contributed by atoms with Gasteiger partial charge < -0.3 is 9.64 Å². The molecule has 2 saturated heterocycles. The van der Waals surface area contributed by atoms with Crippen LogP contribution in [0.15, 0.2) is 35.3 Å². The summed E-state index contributed by atoms with van der Waals surface area (Å²) in [6.07, 6.45) is 3.02. The third-order valence-electron chi connectivity index (χ3n) is 6.27. The maximum absolute atomic E-state index is 13.2. The largest absolute Gasteiger partial charge is 0.381 e. The highest BCUT2D eigenvalue weighted by Gasteiger charge is 2.50. The van der Waals surface area contributed by atoms with Gasteiger partial charge in [-0.05, 0) is 62.8 Å². The Morgan fingerprint density at radius 2 is 1.96 bits per heavy atom. The van der Waals surface area contributed by atoms with Crippen LogP contribution in [-0.2, 0) is 4.74 Å². The summed E-state index contributed by atoms with van der Waals surface area (Å²) >= 11 is 1.61. The smallest absolute Gasteiger partial charge is 0.179 e. The van der Waals surface area contributed by atoms with E-state index in [0.717, 1.165) is 66.0 Å². The average Bonchev–Trinajstić information content (AvgIpc) is 3.23. The molecule has 27 heavy (non-hydrogen) atoms. The Balaban J connectivity index is 1.48. The van der Waals surface area contributed by atoms with Crippen LogP contribution in [-0.4, -0.2) is 31.4 Å². The van der Waals surface area contributed by atoms with Gasteiger partial charge in [-0.15, -0.1) is 11.3 Å². The van der Waals surface area contributed by atoms with Crippen molar-refractivity contribution < 1.29 is 9.53 Å². The zero-order valence-electron chi connectivity index (χ0n) is 15.8. The molecule has 1 unspecified atom stereocenters. The van der Waals surface area contributed by atoms with E-state index in [-0.39, 0.29) is 5.78 Å². The van der Waals surface area contributed by atoms with Crippen molar-refractivity contribution in [1.29, 1.82) is 0 Å². The Morgan fingerprint density at radius 3 is 2.70 bits per heavy atom.